The van der Waals surface area contributed by atoms with Crippen molar-refractivity contribution < 1.29 is 8.42 Å². The standard InChI is InChI=1S/C17H19NO2S/c18-16-10-3-4-11-17(16)21(19,20)12-14-8-5-7-13-6-1-2-9-15(13)14/h1-4,6,9-11,14H,5,7-8,12,18H2. The fourth-order valence-electron chi connectivity index (χ4n) is 3.15. The summed E-state index contributed by atoms with van der Waals surface area (Å²) in [6.45, 7) is 0. The molecule has 2 aromatic carbocycles. The third-order valence-corrected chi connectivity index (χ3v) is 6.05. The lowest BCUT2D eigenvalue weighted by molar-refractivity contribution is 0.559. The van der Waals surface area contributed by atoms with E-state index in [1.165, 1.54) is 11.1 Å². The highest BCUT2D eigenvalue weighted by Gasteiger charge is 2.27. The van der Waals surface area contributed by atoms with Gasteiger partial charge in [0.1, 0.15) is 0 Å². The number of sulfone groups is 1. The molecule has 2 N–H and O–H groups in total. The topological polar surface area (TPSA) is 60.2 Å². The van der Waals surface area contributed by atoms with Gasteiger partial charge < -0.3 is 5.73 Å². The molecule has 0 aromatic heterocycles. The first-order chi connectivity index (χ1) is 10.1. The van der Waals surface area contributed by atoms with Gasteiger partial charge in [0.2, 0.25) is 0 Å². The van der Waals surface area contributed by atoms with Crippen LogP contribution in [0.15, 0.2) is 53.4 Å². The summed E-state index contributed by atoms with van der Waals surface area (Å²) in [6, 6.07) is 14.9. The second kappa shape index (κ2) is 5.53. The van der Waals surface area contributed by atoms with Crippen LogP contribution in [0.1, 0.15) is 29.9 Å². The van der Waals surface area contributed by atoms with E-state index in [4.69, 9.17) is 5.73 Å². The lowest BCUT2D eigenvalue weighted by atomic mass is 9.84. The lowest BCUT2D eigenvalue weighted by Gasteiger charge is -2.25. The number of fused-ring (bicyclic) bond motifs is 1. The molecule has 0 spiro atoms. The predicted molar refractivity (Wildman–Crippen MR) is 85.0 cm³/mol. The van der Waals surface area contributed by atoms with Gasteiger partial charge >= 0.3 is 0 Å². The quantitative estimate of drug-likeness (QED) is 0.886. The maximum atomic E-state index is 12.7. The number of para-hydroxylation sites is 1. The molecule has 0 bridgehead atoms. The third kappa shape index (κ3) is 2.81. The highest BCUT2D eigenvalue weighted by Crippen LogP contribution is 2.34. The Hall–Kier alpha value is -1.81. The van der Waals surface area contributed by atoms with Crippen LogP contribution in [0.2, 0.25) is 0 Å². The molecule has 21 heavy (non-hydrogen) atoms. The van der Waals surface area contributed by atoms with Gasteiger partial charge in [0.25, 0.3) is 0 Å². The summed E-state index contributed by atoms with van der Waals surface area (Å²) in [5.74, 6) is 0.206. The zero-order chi connectivity index (χ0) is 14.9. The van der Waals surface area contributed by atoms with E-state index in [0.29, 0.717) is 5.69 Å². The van der Waals surface area contributed by atoms with Gasteiger partial charge in [-0.05, 0) is 48.4 Å². The zero-order valence-corrected chi connectivity index (χ0v) is 12.6. The van der Waals surface area contributed by atoms with Crippen LogP contribution >= 0.6 is 0 Å². The van der Waals surface area contributed by atoms with Crippen molar-refractivity contribution in [2.24, 2.45) is 0 Å². The monoisotopic (exact) mass is 301 g/mol. The summed E-state index contributed by atoms with van der Waals surface area (Å²) in [5, 5.41) is 0. The van der Waals surface area contributed by atoms with Crippen molar-refractivity contribution in [3.63, 3.8) is 0 Å². The summed E-state index contributed by atoms with van der Waals surface area (Å²) < 4.78 is 25.3. The van der Waals surface area contributed by atoms with Crippen molar-refractivity contribution in [2.45, 2.75) is 30.1 Å². The molecule has 0 saturated carbocycles. The second-order valence-electron chi connectivity index (χ2n) is 5.61. The van der Waals surface area contributed by atoms with Crippen LogP contribution in [-0.4, -0.2) is 14.2 Å². The number of rotatable bonds is 3. The first-order valence-corrected chi connectivity index (χ1v) is 8.88. The van der Waals surface area contributed by atoms with Gasteiger partial charge in [0, 0.05) is 0 Å². The number of anilines is 1. The molecular formula is C17H19NO2S. The van der Waals surface area contributed by atoms with E-state index in [1.54, 1.807) is 24.3 Å². The molecule has 3 nitrogen and oxygen atoms in total. The van der Waals surface area contributed by atoms with Crippen molar-refractivity contribution in [1.82, 2.24) is 0 Å². The Labute approximate surface area is 125 Å². The molecule has 0 amide bonds. The van der Waals surface area contributed by atoms with Gasteiger partial charge in [0.15, 0.2) is 9.84 Å². The Bertz CT molecular complexity index is 753. The van der Waals surface area contributed by atoms with E-state index in [1.807, 2.05) is 12.1 Å². The van der Waals surface area contributed by atoms with E-state index in [2.05, 4.69) is 12.1 Å². The minimum absolute atomic E-state index is 0.0690. The largest absolute Gasteiger partial charge is 0.398 e. The maximum Gasteiger partial charge on any atom is 0.181 e. The molecule has 4 heteroatoms. The maximum absolute atomic E-state index is 12.7. The molecule has 110 valence electrons. The Kier molecular flexibility index (Phi) is 3.72. The molecule has 0 saturated heterocycles. The van der Waals surface area contributed by atoms with Gasteiger partial charge in [-0.1, -0.05) is 36.4 Å². The fourth-order valence-corrected chi connectivity index (χ4v) is 4.91. The summed E-state index contributed by atoms with van der Waals surface area (Å²) in [4.78, 5) is 0.257. The van der Waals surface area contributed by atoms with E-state index >= 15 is 0 Å². The molecule has 1 atom stereocenters. The van der Waals surface area contributed by atoms with Crippen molar-refractivity contribution in [3.05, 3.63) is 59.7 Å². The van der Waals surface area contributed by atoms with E-state index in [9.17, 15) is 8.42 Å². The van der Waals surface area contributed by atoms with Crippen molar-refractivity contribution >= 4 is 15.5 Å². The SMILES string of the molecule is Nc1ccccc1S(=O)(=O)CC1CCCc2ccccc21. The van der Waals surface area contributed by atoms with E-state index in [0.717, 1.165) is 19.3 Å². The Morgan fingerprint density at radius 1 is 1.05 bits per heavy atom. The Morgan fingerprint density at radius 2 is 1.76 bits per heavy atom. The third-order valence-electron chi connectivity index (χ3n) is 4.17. The van der Waals surface area contributed by atoms with Gasteiger partial charge in [0.05, 0.1) is 16.3 Å². The van der Waals surface area contributed by atoms with Crippen LogP contribution < -0.4 is 5.73 Å². The number of benzene rings is 2. The first-order valence-electron chi connectivity index (χ1n) is 7.23. The molecule has 1 aliphatic rings. The molecular weight excluding hydrogens is 282 g/mol. The smallest absolute Gasteiger partial charge is 0.181 e. The first kappa shape index (κ1) is 14.1. The van der Waals surface area contributed by atoms with Crippen molar-refractivity contribution in [1.29, 1.82) is 0 Å². The minimum atomic E-state index is -3.36. The molecule has 0 fully saturated rings. The van der Waals surface area contributed by atoms with Gasteiger partial charge in [-0.3, -0.25) is 0 Å². The number of aryl methyl sites for hydroxylation is 1. The van der Waals surface area contributed by atoms with Crippen LogP contribution in [-0.2, 0) is 16.3 Å². The summed E-state index contributed by atoms with van der Waals surface area (Å²) in [6.07, 6.45) is 3.00. The molecule has 0 heterocycles. The zero-order valence-electron chi connectivity index (χ0n) is 11.8. The molecule has 0 aliphatic heterocycles. The van der Waals surface area contributed by atoms with E-state index in [-0.39, 0.29) is 16.6 Å². The summed E-state index contributed by atoms with van der Waals surface area (Å²) in [5.41, 5.74) is 8.63. The second-order valence-corrected chi connectivity index (χ2v) is 7.61. The molecule has 3 rings (SSSR count). The predicted octanol–water partition coefficient (Wildman–Crippen LogP) is 3.16. The summed E-state index contributed by atoms with van der Waals surface area (Å²) >= 11 is 0. The van der Waals surface area contributed by atoms with Crippen LogP contribution in [0.5, 0.6) is 0 Å². The van der Waals surface area contributed by atoms with Crippen LogP contribution in [0.3, 0.4) is 0 Å². The molecule has 1 unspecified atom stereocenters. The Morgan fingerprint density at radius 3 is 2.57 bits per heavy atom. The van der Waals surface area contributed by atoms with Crippen molar-refractivity contribution in [3.8, 4) is 0 Å². The Balaban J connectivity index is 1.93. The lowest BCUT2D eigenvalue weighted by Crippen LogP contribution is -2.20. The van der Waals surface area contributed by atoms with Gasteiger partial charge in [-0.15, -0.1) is 0 Å². The van der Waals surface area contributed by atoms with Gasteiger partial charge in [-0.2, -0.15) is 0 Å². The van der Waals surface area contributed by atoms with Crippen LogP contribution in [0.4, 0.5) is 5.69 Å². The number of hydrogen-bond donors (Lipinski definition) is 1. The molecule has 2 aromatic rings. The number of nitrogen functional groups attached to an aromatic ring is 1. The van der Waals surface area contributed by atoms with Gasteiger partial charge in [-0.25, -0.2) is 8.42 Å². The minimum Gasteiger partial charge on any atom is -0.398 e. The van der Waals surface area contributed by atoms with Crippen LogP contribution in [0, 0.1) is 0 Å². The number of nitrogens with two attached hydrogens (primary N) is 1. The molecule has 1 aliphatic carbocycles. The molecule has 0 radical (unpaired) electrons. The average Bonchev–Trinajstić information content (AvgIpc) is 2.47. The van der Waals surface area contributed by atoms with E-state index < -0.39 is 9.84 Å². The summed E-state index contributed by atoms with van der Waals surface area (Å²) in [7, 11) is -3.36. The number of hydrogen-bond acceptors (Lipinski definition) is 3. The highest BCUT2D eigenvalue weighted by molar-refractivity contribution is 7.91. The fraction of sp³-hybridized carbons (Fsp3) is 0.294. The van der Waals surface area contributed by atoms with Crippen molar-refractivity contribution in [2.75, 3.05) is 11.5 Å². The highest BCUT2D eigenvalue weighted by atomic mass is 32.2. The van der Waals surface area contributed by atoms with Crippen LogP contribution in [0.25, 0.3) is 0 Å². The normalized spacial score (nSPS) is 18.2. The average molecular weight is 301 g/mol.